The molecule has 3 heterocycles. The number of nitrogens with one attached hydrogen (secondary N) is 1. The molecule has 1 N–H and O–H groups in total. The fraction of sp³-hybridized carbons (Fsp3) is 0.0526. The summed E-state index contributed by atoms with van der Waals surface area (Å²) in [6.45, 7) is 0.546. The van der Waals surface area contributed by atoms with Gasteiger partial charge in [-0.25, -0.2) is 9.37 Å². The average molecular weight is 347 g/mol. The Kier molecular flexibility index (Phi) is 4.10. The molecule has 0 aliphatic heterocycles. The van der Waals surface area contributed by atoms with Gasteiger partial charge >= 0.3 is 0 Å². The number of benzene rings is 1. The van der Waals surface area contributed by atoms with Gasteiger partial charge in [0.25, 0.3) is 5.56 Å². The molecule has 0 amide bonds. The first-order valence-corrected chi connectivity index (χ1v) is 7.96. The Labute approximate surface area is 147 Å². The van der Waals surface area contributed by atoms with Crippen molar-refractivity contribution in [1.82, 2.24) is 24.7 Å². The van der Waals surface area contributed by atoms with Crippen LogP contribution < -0.4 is 5.56 Å². The molecule has 4 aromatic rings. The summed E-state index contributed by atoms with van der Waals surface area (Å²) in [6, 6.07) is 7.94. The van der Waals surface area contributed by atoms with E-state index >= 15 is 0 Å². The highest BCUT2D eigenvalue weighted by Gasteiger charge is 2.02. The maximum atomic E-state index is 13.0. The molecule has 0 aliphatic rings. The van der Waals surface area contributed by atoms with Crippen LogP contribution in [0.25, 0.3) is 23.1 Å². The number of H-pyrrole nitrogens is 1. The number of fused-ring (bicyclic) bond motifs is 1. The molecule has 128 valence electrons. The van der Waals surface area contributed by atoms with Crippen molar-refractivity contribution in [1.29, 1.82) is 0 Å². The summed E-state index contributed by atoms with van der Waals surface area (Å²) in [4.78, 5) is 23.1. The summed E-state index contributed by atoms with van der Waals surface area (Å²) in [5.41, 5.74) is 2.16. The Morgan fingerprint density at radius 3 is 2.81 bits per heavy atom. The van der Waals surface area contributed by atoms with E-state index in [9.17, 15) is 9.18 Å². The summed E-state index contributed by atoms with van der Waals surface area (Å²) in [5.74, 6) is 0.187. The van der Waals surface area contributed by atoms with Crippen LogP contribution >= 0.6 is 0 Å². The predicted octanol–water partition coefficient (Wildman–Crippen LogP) is 2.87. The Morgan fingerprint density at radius 2 is 1.96 bits per heavy atom. The highest BCUT2D eigenvalue weighted by Crippen LogP contribution is 2.09. The number of aromatic nitrogens is 5. The molecule has 26 heavy (non-hydrogen) atoms. The molecule has 0 bridgehead atoms. The first kappa shape index (κ1) is 15.9. The van der Waals surface area contributed by atoms with Gasteiger partial charge in [-0.2, -0.15) is 5.10 Å². The Hall–Kier alpha value is -3.61. The van der Waals surface area contributed by atoms with Gasteiger partial charge < -0.3 is 4.98 Å². The predicted molar refractivity (Wildman–Crippen MR) is 96.8 cm³/mol. The fourth-order valence-corrected chi connectivity index (χ4v) is 2.59. The normalized spacial score (nSPS) is 11.4. The summed E-state index contributed by atoms with van der Waals surface area (Å²) >= 11 is 0. The van der Waals surface area contributed by atoms with Crippen LogP contribution in [0.3, 0.4) is 0 Å². The topological polar surface area (TPSA) is 76.5 Å². The molecule has 1 aromatic carbocycles. The number of nitrogens with zero attached hydrogens (tertiary/aromatic N) is 4. The van der Waals surface area contributed by atoms with E-state index in [0.29, 0.717) is 23.3 Å². The maximum absolute atomic E-state index is 13.0. The smallest absolute Gasteiger partial charge is 0.259 e. The Bertz CT molecular complexity index is 1140. The van der Waals surface area contributed by atoms with Gasteiger partial charge in [0.05, 0.1) is 29.8 Å². The van der Waals surface area contributed by atoms with E-state index in [-0.39, 0.29) is 11.4 Å². The van der Waals surface area contributed by atoms with Crippen molar-refractivity contribution in [2.75, 3.05) is 0 Å². The van der Waals surface area contributed by atoms with E-state index in [1.807, 2.05) is 12.3 Å². The van der Waals surface area contributed by atoms with Crippen molar-refractivity contribution < 1.29 is 4.39 Å². The lowest BCUT2D eigenvalue weighted by Gasteiger charge is -2.01. The highest BCUT2D eigenvalue weighted by atomic mass is 19.1. The number of hydrogen-bond donors (Lipinski definition) is 1. The second kappa shape index (κ2) is 6.72. The van der Waals surface area contributed by atoms with Gasteiger partial charge in [-0.15, -0.1) is 0 Å². The molecular formula is C19H14FN5O. The van der Waals surface area contributed by atoms with Crippen molar-refractivity contribution in [2.24, 2.45) is 0 Å². The summed E-state index contributed by atoms with van der Waals surface area (Å²) in [5, 5.41) is 4.79. The lowest BCUT2D eigenvalue weighted by atomic mass is 10.2. The van der Waals surface area contributed by atoms with Gasteiger partial charge in [-0.1, -0.05) is 12.1 Å². The standard InChI is InChI=1S/C19H14FN5O/c20-15-4-1-13(2-5-15)11-25-12-14(9-22-25)3-6-18-23-17-10-21-8-7-16(17)19(26)24-18/h1-10,12H,11H2,(H,23,24,26)/b6-3+. The molecule has 0 fully saturated rings. The number of halogens is 1. The van der Waals surface area contributed by atoms with Crippen molar-refractivity contribution in [3.63, 3.8) is 0 Å². The minimum absolute atomic E-state index is 0.205. The lowest BCUT2D eigenvalue weighted by Crippen LogP contribution is -2.09. The van der Waals surface area contributed by atoms with E-state index in [4.69, 9.17) is 0 Å². The van der Waals surface area contributed by atoms with Gasteiger partial charge in [0.15, 0.2) is 0 Å². The number of aromatic amines is 1. The highest BCUT2D eigenvalue weighted by molar-refractivity contribution is 5.77. The minimum atomic E-state index is -0.259. The zero-order chi connectivity index (χ0) is 17.9. The summed E-state index contributed by atoms with van der Waals surface area (Å²) in [7, 11) is 0. The lowest BCUT2D eigenvalue weighted by molar-refractivity contribution is 0.624. The van der Waals surface area contributed by atoms with Crippen LogP contribution in [0.5, 0.6) is 0 Å². The van der Waals surface area contributed by atoms with Crippen LogP contribution in [0.2, 0.25) is 0 Å². The van der Waals surface area contributed by atoms with Crippen LogP contribution in [-0.2, 0) is 6.54 Å². The second-order valence-electron chi connectivity index (χ2n) is 5.78. The summed E-state index contributed by atoms with van der Waals surface area (Å²) < 4.78 is 14.7. The molecule has 6 nitrogen and oxygen atoms in total. The fourth-order valence-electron chi connectivity index (χ4n) is 2.59. The maximum Gasteiger partial charge on any atom is 0.259 e. The van der Waals surface area contributed by atoms with Crippen LogP contribution in [0.15, 0.2) is 59.9 Å². The van der Waals surface area contributed by atoms with Crippen molar-refractivity contribution in [3.8, 4) is 0 Å². The SMILES string of the molecule is O=c1[nH]c(/C=C/c2cnn(Cc3ccc(F)cc3)c2)nc2cnccc12. The molecule has 0 spiro atoms. The molecule has 0 unspecified atom stereocenters. The van der Waals surface area contributed by atoms with E-state index in [0.717, 1.165) is 11.1 Å². The third kappa shape index (κ3) is 3.41. The second-order valence-corrected chi connectivity index (χ2v) is 5.78. The molecule has 0 saturated heterocycles. The first-order valence-electron chi connectivity index (χ1n) is 7.96. The van der Waals surface area contributed by atoms with Gasteiger partial charge in [0.2, 0.25) is 0 Å². The zero-order valence-corrected chi connectivity index (χ0v) is 13.6. The van der Waals surface area contributed by atoms with E-state index < -0.39 is 0 Å². The monoisotopic (exact) mass is 347 g/mol. The number of rotatable bonds is 4. The Balaban J connectivity index is 1.53. The molecule has 3 aromatic heterocycles. The summed E-state index contributed by atoms with van der Waals surface area (Å²) in [6.07, 6.45) is 10.2. The molecule has 0 saturated carbocycles. The average Bonchev–Trinajstić information content (AvgIpc) is 3.09. The largest absolute Gasteiger partial charge is 0.306 e. The number of pyridine rings is 1. The van der Waals surface area contributed by atoms with Crippen LogP contribution in [0, 0.1) is 5.82 Å². The Morgan fingerprint density at radius 1 is 1.12 bits per heavy atom. The number of hydrogen-bond acceptors (Lipinski definition) is 4. The van der Waals surface area contributed by atoms with Crippen molar-refractivity contribution >= 4 is 23.1 Å². The van der Waals surface area contributed by atoms with E-state index in [1.165, 1.54) is 12.1 Å². The van der Waals surface area contributed by atoms with E-state index in [1.54, 1.807) is 47.5 Å². The molecule has 7 heteroatoms. The molecule has 0 radical (unpaired) electrons. The molecule has 0 aliphatic carbocycles. The molecule has 4 rings (SSSR count). The third-order valence-corrected chi connectivity index (χ3v) is 3.87. The van der Waals surface area contributed by atoms with Gasteiger partial charge in [0.1, 0.15) is 11.6 Å². The zero-order valence-electron chi connectivity index (χ0n) is 13.6. The van der Waals surface area contributed by atoms with Crippen molar-refractivity contribution in [3.05, 3.63) is 88.2 Å². The van der Waals surface area contributed by atoms with Gasteiger partial charge in [-0.05, 0) is 35.9 Å². The van der Waals surface area contributed by atoms with Gasteiger partial charge in [-0.3, -0.25) is 14.5 Å². The van der Waals surface area contributed by atoms with Crippen LogP contribution in [0.1, 0.15) is 17.0 Å². The molecular weight excluding hydrogens is 333 g/mol. The quantitative estimate of drug-likeness (QED) is 0.616. The van der Waals surface area contributed by atoms with Crippen LogP contribution in [0.4, 0.5) is 4.39 Å². The molecule has 0 atom stereocenters. The first-order chi connectivity index (χ1) is 12.7. The van der Waals surface area contributed by atoms with E-state index in [2.05, 4.69) is 20.1 Å². The minimum Gasteiger partial charge on any atom is -0.306 e. The van der Waals surface area contributed by atoms with Crippen LogP contribution in [-0.4, -0.2) is 24.7 Å². The van der Waals surface area contributed by atoms with Crippen molar-refractivity contribution in [2.45, 2.75) is 6.54 Å². The third-order valence-electron chi connectivity index (χ3n) is 3.87. The van der Waals surface area contributed by atoms with Gasteiger partial charge in [0, 0.05) is 18.0 Å².